The van der Waals surface area contributed by atoms with E-state index in [4.69, 9.17) is 5.73 Å². The van der Waals surface area contributed by atoms with Crippen LogP contribution in [0.5, 0.6) is 0 Å². The molecule has 2 heterocycles. The molecule has 2 rings (SSSR count). The second-order valence-corrected chi connectivity index (χ2v) is 5.24. The lowest BCUT2D eigenvalue weighted by molar-refractivity contribution is 0.469. The minimum atomic E-state index is -0.183. The fourth-order valence-corrected chi connectivity index (χ4v) is 1.90. The van der Waals surface area contributed by atoms with E-state index < -0.39 is 0 Å². The summed E-state index contributed by atoms with van der Waals surface area (Å²) in [4.78, 5) is 4.43. The maximum atomic E-state index is 5.99. The van der Waals surface area contributed by atoms with Gasteiger partial charge in [-0.3, -0.25) is 4.40 Å². The molecule has 0 bridgehead atoms. The molecule has 0 radical (unpaired) electrons. The normalized spacial score (nSPS) is 12.3. The predicted molar refractivity (Wildman–Crippen MR) is 66.8 cm³/mol. The molecule has 0 saturated carbocycles. The first-order chi connectivity index (χ1) is 7.87. The molecule has 0 fully saturated rings. The number of aromatic nitrogens is 4. The molecule has 0 aliphatic heterocycles. The van der Waals surface area contributed by atoms with Crippen molar-refractivity contribution < 1.29 is 0 Å². The van der Waals surface area contributed by atoms with Crippen molar-refractivity contribution in [2.75, 3.05) is 0 Å². The summed E-state index contributed by atoms with van der Waals surface area (Å²) in [6, 6.07) is 1.94. The zero-order chi connectivity index (χ0) is 12.6. The minimum Gasteiger partial charge on any atom is -0.326 e. The summed E-state index contributed by atoms with van der Waals surface area (Å²) in [5.41, 5.74) is 7.63. The molecule has 0 amide bonds. The predicted octanol–water partition coefficient (Wildman–Crippen LogP) is 1.41. The van der Waals surface area contributed by atoms with Crippen molar-refractivity contribution in [3.63, 3.8) is 0 Å². The summed E-state index contributed by atoms with van der Waals surface area (Å²) < 4.78 is 2.00. The maximum Gasteiger partial charge on any atom is 0.164 e. The summed E-state index contributed by atoms with van der Waals surface area (Å²) in [6.07, 6.45) is 1.69. The molecule has 0 unspecified atom stereocenters. The zero-order valence-electron chi connectivity index (χ0n) is 10.9. The Morgan fingerprint density at radius 2 is 2.00 bits per heavy atom. The number of fused-ring (bicyclic) bond motifs is 1. The molecular weight excluding hydrogens is 214 g/mol. The highest BCUT2D eigenvalue weighted by Gasteiger charge is 2.14. The van der Waals surface area contributed by atoms with E-state index in [1.165, 1.54) is 0 Å². The van der Waals surface area contributed by atoms with Crippen LogP contribution < -0.4 is 5.73 Å². The van der Waals surface area contributed by atoms with E-state index in [9.17, 15) is 0 Å². The van der Waals surface area contributed by atoms with Crippen molar-refractivity contribution in [1.82, 2.24) is 19.6 Å². The SMILES string of the molecule is Cc1cc2nnc(CCC(C)(C)N)n2c(C)n1. The Bertz CT molecular complexity index is 536. The molecule has 5 nitrogen and oxygen atoms in total. The van der Waals surface area contributed by atoms with Crippen molar-refractivity contribution in [3.05, 3.63) is 23.4 Å². The van der Waals surface area contributed by atoms with E-state index in [0.29, 0.717) is 0 Å². The van der Waals surface area contributed by atoms with Gasteiger partial charge in [0.05, 0.1) is 0 Å². The Balaban J connectivity index is 2.36. The Morgan fingerprint density at radius 1 is 1.29 bits per heavy atom. The molecule has 17 heavy (non-hydrogen) atoms. The smallest absolute Gasteiger partial charge is 0.164 e. The first-order valence-electron chi connectivity index (χ1n) is 5.84. The van der Waals surface area contributed by atoms with Crippen molar-refractivity contribution in [2.45, 2.75) is 46.1 Å². The van der Waals surface area contributed by atoms with Crippen LogP contribution >= 0.6 is 0 Å². The van der Waals surface area contributed by atoms with Gasteiger partial charge in [0.1, 0.15) is 11.6 Å². The molecule has 0 saturated heterocycles. The number of hydrogen-bond acceptors (Lipinski definition) is 4. The van der Waals surface area contributed by atoms with E-state index in [2.05, 4.69) is 15.2 Å². The van der Waals surface area contributed by atoms with Crippen LogP contribution in [-0.4, -0.2) is 25.1 Å². The molecule has 2 N–H and O–H groups in total. The Hall–Kier alpha value is -1.49. The topological polar surface area (TPSA) is 69.1 Å². The largest absolute Gasteiger partial charge is 0.326 e. The quantitative estimate of drug-likeness (QED) is 0.870. The highest BCUT2D eigenvalue weighted by molar-refractivity contribution is 5.39. The summed E-state index contributed by atoms with van der Waals surface area (Å²) in [5.74, 6) is 1.86. The third-order valence-corrected chi connectivity index (χ3v) is 2.75. The molecule has 5 heteroatoms. The number of hydrogen-bond donors (Lipinski definition) is 1. The van der Waals surface area contributed by atoms with Crippen molar-refractivity contribution in [1.29, 1.82) is 0 Å². The number of aryl methyl sites for hydroxylation is 3. The van der Waals surface area contributed by atoms with Crippen LogP contribution in [0.25, 0.3) is 5.65 Å². The Kier molecular flexibility index (Phi) is 2.87. The van der Waals surface area contributed by atoms with Gasteiger partial charge < -0.3 is 5.73 Å². The standard InChI is InChI=1S/C12H19N5/c1-8-7-11-16-15-10(5-6-12(3,4)13)17(11)9(2)14-8/h7H,5-6,13H2,1-4H3. The number of rotatable bonds is 3. The lowest BCUT2D eigenvalue weighted by Crippen LogP contribution is -2.32. The van der Waals surface area contributed by atoms with Crippen LogP contribution in [0, 0.1) is 13.8 Å². The third-order valence-electron chi connectivity index (χ3n) is 2.75. The summed E-state index contributed by atoms with van der Waals surface area (Å²) in [5, 5.41) is 8.39. The average Bonchev–Trinajstić information content (AvgIpc) is 2.56. The summed E-state index contributed by atoms with van der Waals surface area (Å²) in [6.45, 7) is 7.97. The van der Waals surface area contributed by atoms with Gasteiger partial charge in [-0.2, -0.15) is 0 Å². The summed E-state index contributed by atoms with van der Waals surface area (Å²) in [7, 11) is 0. The monoisotopic (exact) mass is 233 g/mol. The number of nitrogens with zero attached hydrogens (tertiary/aromatic N) is 4. The van der Waals surface area contributed by atoms with Crippen LogP contribution in [0.3, 0.4) is 0 Å². The molecule has 0 atom stereocenters. The van der Waals surface area contributed by atoms with E-state index in [-0.39, 0.29) is 5.54 Å². The van der Waals surface area contributed by atoms with Crippen molar-refractivity contribution in [3.8, 4) is 0 Å². The molecule has 0 aromatic carbocycles. The van der Waals surface area contributed by atoms with Gasteiger partial charge in [0.2, 0.25) is 0 Å². The van der Waals surface area contributed by atoms with Gasteiger partial charge in [-0.1, -0.05) is 0 Å². The molecule has 0 aliphatic rings. The van der Waals surface area contributed by atoms with E-state index in [1.807, 2.05) is 38.2 Å². The van der Waals surface area contributed by atoms with Gasteiger partial charge in [-0.05, 0) is 34.1 Å². The summed E-state index contributed by atoms with van der Waals surface area (Å²) >= 11 is 0. The van der Waals surface area contributed by atoms with Crippen molar-refractivity contribution >= 4 is 5.65 Å². The van der Waals surface area contributed by atoms with Gasteiger partial charge in [-0.15, -0.1) is 10.2 Å². The highest BCUT2D eigenvalue weighted by Crippen LogP contribution is 2.13. The third kappa shape index (κ3) is 2.61. The average molecular weight is 233 g/mol. The van der Waals surface area contributed by atoms with Gasteiger partial charge in [0.15, 0.2) is 5.65 Å². The van der Waals surface area contributed by atoms with E-state index in [1.54, 1.807) is 0 Å². The Labute approximate surface area is 101 Å². The van der Waals surface area contributed by atoms with Crippen LogP contribution in [0.15, 0.2) is 6.07 Å². The zero-order valence-corrected chi connectivity index (χ0v) is 10.9. The first kappa shape index (κ1) is 12.0. The molecule has 0 spiro atoms. The van der Waals surface area contributed by atoms with Gasteiger partial charge in [0, 0.05) is 23.7 Å². The van der Waals surface area contributed by atoms with Crippen LogP contribution in [0.2, 0.25) is 0 Å². The molecular formula is C12H19N5. The van der Waals surface area contributed by atoms with Crippen LogP contribution in [-0.2, 0) is 6.42 Å². The number of nitrogens with two attached hydrogens (primary N) is 1. The molecule has 2 aromatic rings. The van der Waals surface area contributed by atoms with Gasteiger partial charge in [0.25, 0.3) is 0 Å². The minimum absolute atomic E-state index is 0.183. The molecule has 92 valence electrons. The fraction of sp³-hybridized carbons (Fsp3) is 0.583. The fourth-order valence-electron chi connectivity index (χ4n) is 1.90. The lowest BCUT2D eigenvalue weighted by atomic mass is 10.00. The second-order valence-electron chi connectivity index (χ2n) is 5.24. The first-order valence-corrected chi connectivity index (χ1v) is 5.84. The lowest BCUT2D eigenvalue weighted by Gasteiger charge is -2.17. The van der Waals surface area contributed by atoms with Gasteiger partial charge >= 0.3 is 0 Å². The highest BCUT2D eigenvalue weighted by atomic mass is 15.3. The maximum absolute atomic E-state index is 5.99. The van der Waals surface area contributed by atoms with Gasteiger partial charge in [-0.25, -0.2) is 4.98 Å². The second kappa shape index (κ2) is 4.07. The van der Waals surface area contributed by atoms with E-state index in [0.717, 1.165) is 35.8 Å². The van der Waals surface area contributed by atoms with E-state index >= 15 is 0 Å². The van der Waals surface area contributed by atoms with Crippen LogP contribution in [0.1, 0.15) is 37.6 Å². The Morgan fingerprint density at radius 3 is 2.65 bits per heavy atom. The molecule has 0 aliphatic carbocycles. The van der Waals surface area contributed by atoms with Crippen LogP contribution in [0.4, 0.5) is 0 Å². The van der Waals surface area contributed by atoms with Crippen molar-refractivity contribution in [2.24, 2.45) is 5.73 Å². The molecule has 2 aromatic heterocycles.